The number of hydrogen-bond donors (Lipinski definition) is 1. The second-order valence-corrected chi connectivity index (χ2v) is 5.66. The van der Waals surface area contributed by atoms with Crippen LogP contribution in [0.2, 0.25) is 0 Å². The van der Waals surface area contributed by atoms with Gasteiger partial charge in [-0.15, -0.1) is 0 Å². The maximum Gasteiger partial charge on any atom is 0.298 e. The van der Waals surface area contributed by atoms with Crippen molar-refractivity contribution in [1.82, 2.24) is 4.98 Å². The minimum Gasteiger partial charge on any atom is -0.423 e. The van der Waals surface area contributed by atoms with E-state index in [0.29, 0.717) is 29.6 Å². The van der Waals surface area contributed by atoms with E-state index in [1.807, 2.05) is 4.90 Å². The van der Waals surface area contributed by atoms with E-state index in [4.69, 9.17) is 4.42 Å². The van der Waals surface area contributed by atoms with Gasteiger partial charge in [-0.1, -0.05) is 0 Å². The van der Waals surface area contributed by atoms with Gasteiger partial charge < -0.3 is 14.4 Å². The number of oxazole rings is 1. The molecule has 2 fully saturated rings. The summed E-state index contributed by atoms with van der Waals surface area (Å²) in [6.07, 6.45) is 2.98. The molecule has 0 bridgehead atoms. The maximum absolute atomic E-state index is 13.1. The predicted octanol–water partition coefficient (Wildman–Crippen LogP) is 2.32. The highest BCUT2D eigenvalue weighted by molar-refractivity contribution is 5.74. The number of benzene rings is 1. The fourth-order valence-corrected chi connectivity index (χ4v) is 2.96. The molecule has 2 heterocycles. The van der Waals surface area contributed by atoms with Crippen LogP contribution in [-0.4, -0.2) is 28.8 Å². The predicted molar refractivity (Wildman–Crippen MR) is 68.5 cm³/mol. The Hall–Kier alpha value is -1.62. The second kappa shape index (κ2) is 3.70. The molecule has 0 spiro atoms. The van der Waals surface area contributed by atoms with E-state index in [0.717, 1.165) is 25.8 Å². The van der Waals surface area contributed by atoms with Crippen LogP contribution in [0.3, 0.4) is 0 Å². The zero-order valence-electron chi connectivity index (χ0n) is 10.5. The molecule has 1 saturated carbocycles. The number of anilines is 1. The quantitative estimate of drug-likeness (QED) is 0.902. The summed E-state index contributed by atoms with van der Waals surface area (Å²) >= 11 is 0. The molecule has 1 N–H and O–H groups in total. The molecule has 1 aromatic heterocycles. The standard InChI is InChI=1S/C14H15FN2O2/c15-10-3-4-12-11(7-10)16-13(19-12)17-6-5-14(18,8-17)9-1-2-9/h3-4,7,9,18H,1-2,5-6,8H2. The number of fused-ring (bicyclic) bond motifs is 1. The first-order valence-electron chi connectivity index (χ1n) is 6.67. The molecule has 1 atom stereocenters. The number of rotatable bonds is 2. The first kappa shape index (κ1) is 11.2. The molecule has 0 radical (unpaired) electrons. The molecule has 2 aliphatic rings. The van der Waals surface area contributed by atoms with Crippen LogP contribution in [0.5, 0.6) is 0 Å². The molecule has 5 heteroatoms. The fraction of sp³-hybridized carbons (Fsp3) is 0.500. The minimum absolute atomic E-state index is 0.316. The lowest BCUT2D eigenvalue weighted by atomic mass is 9.97. The largest absolute Gasteiger partial charge is 0.423 e. The zero-order chi connectivity index (χ0) is 13.0. The summed E-state index contributed by atoms with van der Waals surface area (Å²) in [5, 5.41) is 10.5. The number of aromatic nitrogens is 1. The summed E-state index contributed by atoms with van der Waals surface area (Å²) in [5.74, 6) is 0.114. The molecular weight excluding hydrogens is 247 g/mol. The summed E-state index contributed by atoms with van der Waals surface area (Å²) in [6.45, 7) is 1.30. The Labute approximate surface area is 109 Å². The van der Waals surface area contributed by atoms with Crippen molar-refractivity contribution < 1.29 is 13.9 Å². The molecule has 1 aromatic carbocycles. The first-order valence-corrected chi connectivity index (χ1v) is 6.67. The van der Waals surface area contributed by atoms with Gasteiger partial charge in [0.1, 0.15) is 11.3 Å². The molecule has 19 heavy (non-hydrogen) atoms. The van der Waals surface area contributed by atoms with Crippen molar-refractivity contribution >= 4 is 17.1 Å². The lowest BCUT2D eigenvalue weighted by Gasteiger charge is -2.22. The van der Waals surface area contributed by atoms with Gasteiger partial charge in [0.15, 0.2) is 5.58 Å². The third kappa shape index (κ3) is 1.80. The molecule has 1 saturated heterocycles. The van der Waals surface area contributed by atoms with Crippen molar-refractivity contribution in [2.24, 2.45) is 5.92 Å². The van der Waals surface area contributed by atoms with Crippen LogP contribution in [0.1, 0.15) is 19.3 Å². The highest BCUT2D eigenvalue weighted by atomic mass is 19.1. The van der Waals surface area contributed by atoms with E-state index in [1.165, 1.54) is 12.1 Å². The van der Waals surface area contributed by atoms with Crippen LogP contribution in [-0.2, 0) is 0 Å². The van der Waals surface area contributed by atoms with E-state index in [-0.39, 0.29) is 5.82 Å². The monoisotopic (exact) mass is 262 g/mol. The summed E-state index contributed by atoms with van der Waals surface area (Å²) in [5.41, 5.74) is 0.515. The van der Waals surface area contributed by atoms with Gasteiger partial charge in [-0.2, -0.15) is 4.98 Å². The number of β-amino-alcohol motifs (C(OH)–C–C–N with tert-alkyl or cyclic N) is 1. The van der Waals surface area contributed by atoms with Crippen molar-refractivity contribution in [2.45, 2.75) is 24.9 Å². The Morgan fingerprint density at radius 2 is 2.26 bits per heavy atom. The van der Waals surface area contributed by atoms with Crippen LogP contribution in [0, 0.1) is 11.7 Å². The van der Waals surface area contributed by atoms with Crippen molar-refractivity contribution in [2.75, 3.05) is 18.0 Å². The van der Waals surface area contributed by atoms with Crippen LogP contribution < -0.4 is 4.90 Å². The summed E-state index contributed by atoms with van der Waals surface area (Å²) in [7, 11) is 0. The van der Waals surface area contributed by atoms with Crippen LogP contribution in [0.15, 0.2) is 22.6 Å². The van der Waals surface area contributed by atoms with E-state index in [9.17, 15) is 9.50 Å². The van der Waals surface area contributed by atoms with Crippen molar-refractivity contribution in [3.05, 3.63) is 24.0 Å². The molecule has 0 amide bonds. The molecular formula is C14H15FN2O2. The third-order valence-electron chi connectivity index (χ3n) is 4.23. The van der Waals surface area contributed by atoms with Crippen LogP contribution in [0.25, 0.3) is 11.1 Å². The molecule has 1 aliphatic heterocycles. The first-order chi connectivity index (χ1) is 9.14. The van der Waals surface area contributed by atoms with Gasteiger partial charge >= 0.3 is 0 Å². The minimum atomic E-state index is -0.591. The number of hydrogen-bond acceptors (Lipinski definition) is 4. The highest BCUT2D eigenvalue weighted by Gasteiger charge is 2.48. The zero-order valence-corrected chi connectivity index (χ0v) is 10.5. The van der Waals surface area contributed by atoms with Gasteiger partial charge in [0.2, 0.25) is 0 Å². The van der Waals surface area contributed by atoms with E-state index >= 15 is 0 Å². The van der Waals surface area contributed by atoms with Gasteiger partial charge in [-0.05, 0) is 37.3 Å². The topological polar surface area (TPSA) is 49.5 Å². The van der Waals surface area contributed by atoms with Gasteiger partial charge in [-0.3, -0.25) is 0 Å². The normalized spacial score (nSPS) is 27.4. The molecule has 100 valence electrons. The Balaban J connectivity index is 1.64. The average molecular weight is 262 g/mol. The molecule has 4 rings (SSSR count). The third-order valence-corrected chi connectivity index (χ3v) is 4.23. The smallest absolute Gasteiger partial charge is 0.298 e. The van der Waals surface area contributed by atoms with E-state index in [2.05, 4.69) is 4.98 Å². The van der Waals surface area contributed by atoms with Gasteiger partial charge in [0.05, 0.1) is 12.1 Å². The molecule has 2 aromatic rings. The fourth-order valence-electron chi connectivity index (χ4n) is 2.96. The van der Waals surface area contributed by atoms with Crippen LogP contribution in [0.4, 0.5) is 10.4 Å². The lowest BCUT2D eigenvalue weighted by molar-refractivity contribution is 0.0398. The van der Waals surface area contributed by atoms with Gasteiger partial charge in [-0.25, -0.2) is 4.39 Å². The van der Waals surface area contributed by atoms with E-state index in [1.54, 1.807) is 6.07 Å². The SMILES string of the molecule is OC1(C2CC2)CCN(c2nc3cc(F)ccc3o2)C1. The van der Waals surface area contributed by atoms with Gasteiger partial charge in [0, 0.05) is 12.6 Å². The molecule has 1 aliphatic carbocycles. The number of aliphatic hydroxyl groups is 1. The van der Waals surface area contributed by atoms with Crippen LogP contribution >= 0.6 is 0 Å². The Morgan fingerprint density at radius 3 is 3.05 bits per heavy atom. The Morgan fingerprint density at radius 1 is 1.42 bits per heavy atom. The van der Waals surface area contributed by atoms with E-state index < -0.39 is 5.60 Å². The Kier molecular flexibility index (Phi) is 2.18. The van der Waals surface area contributed by atoms with Crippen molar-refractivity contribution in [3.8, 4) is 0 Å². The summed E-state index contributed by atoms with van der Waals surface area (Å²) < 4.78 is 18.8. The summed E-state index contributed by atoms with van der Waals surface area (Å²) in [4.78, 5) is 6.26. The number of halogens is 1. The average Bonchev–Trinajstić information content (AvgIpc) is 3.05. The van der Waals surface area contributed by atoms with Gasteiger partial charge in [0.25, 0.3) is 6.01 Å². The lowest BCUT2D eigenvalue weighted by Crippen LogP contribution is -2.35. The van der Waals surface area contributed by atoms with Crippen molar-refractivity contribution in [1.29, 1.82) is 0 Å². The molecule has 1 unspecified atom stereocenters. The maximum atomic E-state index is 13.1. The summed E-state index contributed by atoms with van der Waals surface area (Å²) in [6, 6.07) is 4.80. The highest BCUT2D eigenvalue weighted by Crippen LogP contribution is 2.45. The Bertz CT molecular complexity index is 637. The molecule has 4 nitrogen and oxygen atoms in total. The van der Waals surface area contributed by atoms with Crippen molar-refractivity contribution in [3.63, 3.8) is 0 Å². The second-order valence-electron chi connectivity index (χ2n) is 5.66. The number of nitrogens with zero attached hydrogens (tertiary/aromatic N) is 2.